The SMILES string of the molecule is C[C@]12CC[C@H]3[C@@H](CC=C4C[C@@H](OC(=O)c5ccccc5)CC[C@@]43C)[C@@H]1[C@@H]1C[C@@H]1[C@@H]2OC(=O)c1ccccc1. The average Bonchev–Trinajstić information content (AvgIpc) is 3.67. The van der Waals surface area contributed by atoms with E-state index in [0.717, 1.165) is 32.1 Å². The van der Waals surface area contributed by atoms with Gasteiger partial charge in [0.25, 0.3) is 0 Å². The minimum absolute atomic E-state index is 0.0338. The molecule has 38 heavy (non-hydrogen) atoms. The summed E-state index contributed by atoms with van der Waals surface area (Å²) in [6.07, 6.45) is 10.0. The van der Waals surface area contributed by atoms with E-state index in [1.807, 2.05) is 60.7 Å². The summed E-state index contributed by atoms with van der Waals surface area (Å²) in [4.78, 5) is 25.7. The van der Waals surface area contributed by atoms with Gasteiger partial charge in [0.15, 0.2) is 0 Å². The molecule has 0 bridgehead atoms. The summed E-state index contributed by atoms with van der Waals surface area (Å²) in [6.45, 7) is 4.91. The van der Waals surface area contributed by atoms with Crippen molar-refractivity contribution in [2.24, 2.45) is 40.4 Å². The zero-order valence-corrected chi connectivity index (χ0v) is 22.5. The number of hydrogen-bond acceptors (Lipinski definition) is 4. The van der Waals surface area contributed by atoms with Gasteiger partial charge in [0.2, 0.25) is 0 Å². The number of allylic oxidation sites excluding steroid dienone is 1. The quantitative estimate of drug-likeness (QED) is 0.321. The lowest BCUT2D eigenvalue weighted by Gasteiger charge is -2.58. The minimum atomic E-state index is -0.205. The second-order valence-corrected chi connectivity index (χ2v) is 13.1. The van der Waals surface area contributed by atoms with Gasteiger partial charge in [0.1, 0.15) is 12.2 Å². The maximum atomic E-state index is 13.0. The first-order valence-electron chi connectivity index (χ1n) is 14.6. The highest BCUT2D eigenvalue weighted by atomic mass is 16.5. The van der Waals surface area contributed by atoms with E-state index < -0.39 is 0 Å². The fourth-order valence-corrected chi connectivity index (χ4v) is 9.41. The van der Waals surface area contributed by atoms with Crippen LogP contribution in [0.3, 0.4) is 0 Å². The van der Waals surface area contributed by atoms with Crippen LogP contribution in [-0.2, 0) is 9.47 Å². The van der Waals surface area contributed by atoms with E-state index in [-0.39, 0.29) is 35.0 Å². The number of ether oxygens (including phenoxy) is 2. The van der Waals surface area contributed by atoms with E-state index in [9.17, 15) is 9.59 Å². The molecule has 198 valence electrons. The van der Waals surface area contributed by atoms with Crippen molar-refractivity contribution in [3.8, 4) is 0 Å². The van der Waals surface area contributed by atoms with Gasteiger partial charge in [0, 0.05) is 11.8 Å². The number of rotatable bonds is 4. The molecule has 4 fully saturated rings. The van der Waals surface area contributed by atoms with Crippen molar-refractivity contribution in [1.82, 2.24) is 0 Å². The molecule has 4 heteroatoms. The fourth-order valence-electron chi connectivity index (χ4n) is 9.41. The zero-order valence-electron chi connectivity index (χ0n) is 22.5. The lowest BCUT2D eigenvalue weighted by molar-refractivity contribution is -0.0942. The molecule has 0 heterocycles. The van der Waals surface area contributed by atoms with Gasteiger partial charge in [-0.15, -0.1) is 0 Å². The highest BCUT2D eigenvalue weighted by Gasteiger charge is 2.71. The Morgan fingerprint density at radius 3 is 2.13 bits per heavy atom. The average molecular weight is 511 g/mol. The summed E-state index contributed by atoms with van der Waals surface area (Å²) in [6, 6.07) is 18.8. The standard InChI is InChI=1S/C34H38O4/c1-33-17-15-24(37-31(35)21-9-5-3-6-10-21)19-23(33)13-14-25-28(33)16-18-34(2)29(25)26-20-27(26)30(34)38-32(36)22-11-7-4-8-12-22/h3-13,24-30H,14-20H2,1-2H3/t24-,25+,26+,27-,28-,29+,30-,33-,34-/m0/s1. The minimum Gasteiger partial charge on any atom is -0.458 e. The van der Waals surface area contributed by atoms with Gasteiger partial charge < -0.3 is 9.47 Å². The number of fused-ring (bicyclic) bond motifs is 7. The Balaban J connectivity index is 1.08. The van der Waals surface area contributed by atoms with Crippen LogP contribution in [-0.4, -0.2) is 24.1 Å². The maximum absolute atomic E-state index is 13.0. The molecule has 4 saturated carbocycles. The first-order chi connectivity index (χ1) is 18.4. The Labute approximate surface area is 225 Å². The van der Waals surface area contributed by atoms with Gasteiger partial charge in [-0.25, -0.2) is 9.59 Å². The summed E-state index contributed by atoms with van der Waals surface area (Å²) >= 11 is 0. The molecule has 0 N–H and O–H groups in total. The van der Waals surface area contributed by atoms with Crippen molar-refractivity contribution in [2.75, 3.05) is 0 Å². The van der Waals surface area contributed by atoms with Crippen LogP contribution in [0.4, 0.5) is 0 Å². The molecule has 7 rings (SSSR count). The number of esters is 2. The van der Waals surface area contributed by atoms with Crippen molar-refractivity contribution in [3.05, 3.63) is 83.4 Å². The van der Waals surface area contributed by atoms with Crippen LogP contribution in [0.1, 0.15) is 79.5 Å². The monoisotopic (exact) mass is 510 g/mol. The molecule has 0 aliphatic heterocycles. The molecule has 5 aliphatic rings. The van der Waals surface area contributed by atoms with Crippen molar-refractivity contribution in [2.45, 2.75) is 71.0 Å². The third kappa shape index (κ3) is 3.70. The zero-order chi connectivity index (χ0) is 26.1. The van der Waals surface area contributed by atoms with Gasteiger partial charge in [0.05, 0.1) is 11.1 Å². The van der Waals surface area contributed by atoms with Gasteiger partial charge in [-0.3, -0.25) is 0 Å². The van der Waals surface area contributed by atoms with Crippen molar-refractivity contribution in [3.63, 3.8) is 0 Å². The predicted octanol–water partition coefficient (Wildman–Crippen LogP) is 7.26. The number of benzene rings is 2. The summed E-state index contributed by atoms with van der Waals surface area (Å²) in [7, 11) is 0. The molecule has 2 aromatic carbocycles. The summed E-state index contributed by atoms with van der Waals surface area (Å²) < 4.78 is 12.3. The van der Waals surface area contributed by atoms with E-state index in [1.54, 1.807) is 0 Å². The second-order valence-electron chi connectivity index (χ2n) is 13.1. The molecular weight excluding hydrogens is 472 g/mol. The Kier molecular flexibility index (Phi) is 5.62. The van der Waals surface area contributed by atoms with Crippen molar-refractivity contribution in [1.29, 1.82) is 0 Å². The van der Waals surface area contributed by atoms with Crippen LogP contribution in [0, 0.1) is 40.4 Å². The van der Waals surface area contributed by atoms with Crippen LogP contribution in [0.5, 0.6) is 0 Å². The third-order valence-corrected chi connectivity index (χ3v) is 11.3. The maximum Gasteiger partial charge on any atom is 0.338 e. The molecule has 0 aromatic heterocycles. The highest BCUT2D eigenvalue weighted by molar-refractivity contribution is 5.90. The van der Waals surface area contributed by atoms with Gasteiger partial charge in [-0.05, 0) is 97.8 Å². The van der Waals surface area contributed by atoms with E-state index >= 15 is 0 Å². The van der Waals surface area contributed by atoms with Crippen LogP contribution in [0.25, 0.3) is 0 Å². The fraction of sp³-hybridized carbons (Fsp3) is 0.529. The molecule has 0 amide bonds. The number of carbonyl (C=O) groups is 2. The van der Waals surface area contributed by atoms with Crippen LogP contribution < -0.4 is 0 Å². The van der Waals surface area contributed by atoms with Crippen molar-refractivity contribution >= 4 is 11.9 Å². The topological polar surface area (TPSA) is 52.6 Å². The molecule has 0 saturated heterocycles. The summed E-state index contributed by atoms with van der Waals surface area (Å²) in [5.74, 6) is 2.81. The van der Waals surface area contributed by atoms with Gasteiger partial charge in [-0.2, -0.15) is 0 Å². The molecule has 0 unspecified atom stereocenters. The van der Waals surface area contributed by atoms with Crippen LogP contribution in [0.15, 0.2) is 72.3 Å². The Bertz CT molecular complexity index is 1270. The smallest absolute Gasteiger partial charge is 0.338 e. The first-order valence-corrected chi connectivity index (χ1v) is 14.6. The summed E-state index contributed by atoms with van der Waals surface area (Å²) in [5.41, 5.74) is 3.06. The van der Waals surface area contributed by atoms with Crippen molar-refractivity contribution < 1.29 is 19.1 Å². The number of hydrogen-bond donors (Lipinski definition) is 0. The Morgan fingerprint density at radius 1 is 0.789 bits per heavy atom. The third-order valence-electron chi connectivity index (χ3n) is 11.3. The van der Waals surface area contributed by atoms with Gasteiger partial charge in [-0.1, -0.05) is 61.9 Å². The van der Waals surface area contributed by atoms with Crippen LogP contribution in [0.2, 0.25) is 0 Å². The predicted molar refractivity (Wildman–Crippen MR) is 145 cm³/mol. The number of carbonyl (C=O) groups excluding carboxylic acids is 2. The van der Waals surface area contributed by atoms with Crippen LogP contribution >= 0.6 is 0 Å². The molecule has 0 spiro atoms. The van der Waals surface area contributed by atoms with E-state index in [1.165, 1.54) is 18.4 Å². The van der Waals surface area contributed by atoms with E-state index in [2.05, 4.69) is 19.9 Å². The molecule has 5 aliphatic carbocycles. The Morgan fingerprint density at radius 2 is 1.45 bits per heavy atom. The van der Waals surface area contributed by atoms with Gasteiger partial charge >= 0.3 is 11.9 Å². The molecule has 0 radical (unpaired) electrons. The second kappa shape index (κ2) is 8.83. The molecule has 2 aromatic rings. The highest BCUT2D eigenvalue weighted by Crippen LogP contribution is 2.73. The first kappa shape index (κ1) is 24.2. The Hall–Kier alpha value is -2.88. The van der Waals surface area contributed by atoms with E-state index in [4.69, 9.17) is 9.47 Å². The lowest BCUT2D eigenvalue weighted by Crippen LogP contribution is -2.53. The summed E-state index contributed by atoms with van der Waals surface area (Å²) in [5, 5.41) is 0. The largest absolute Gasteiger partial charge is 0.458 e. The lowest BCUT2D eigenvalue weighted by atomic mass is 9.47. The molecule has 4 nitrogen and oxygen atoms in total. The van der Waals surface area contributed by atoms with E-state index in [0.29, 0.717) is 40.7 Å². The molecular formula is C34H38O4. The molecule has 9 atom stereocenters. The normalized spacial score (nSPS) is 40.5.